The second-order valence-electron chi connectivity index (χ2n) is 13.4. The second kappa shape index (κ2) is 7.31. The molecule has 2 heteroatoms. The lowest BCUT2D eigenvalue weighted by atomic mass is 9.67. The highest BCUT2D eigenvalue weighted by molar-refractivity contribution is 5.00. The molecule has 0 aromatic rings. The van der Waals surface area contributed by atoms with Gasteiger partial charge in [-0.2, -0.15) is 0 Å². The van der Waals surface area contributed by atoms with Gasteiger partial charge in [0.15, 0.2) is 0 Å². The number of nitrogens with zero attached hydrogens (tertiary/aromatic N) is 2. The quantitative estimate of drug-likeness (QED) is 0.542. The van der Waals surface area contributed by atoms with Gasteiger partial charge in [0.1, 0.15) is 0 Å². The van der Waals surface area contributed by atoms with Gasteiger partial charge in [0.05, 0.1) is 0 Å². The average molecular weight is 379 g/mol. The number of hydrogen-bond donors (Lipinski definition) is 0. The minimum Gasteiger partial charge on any atom is -0.298 e. The van der Waals surface area contributed by atoms with Crippen molar-refractivity contribution in [2.45, 2.75) is 113 Å². The van der Waals surface area contributed by atoms with E-state index in [1.807, 2.05) is 0 Å². The molecular formula is C25H50N2. The highest BCUT2D eigenvalue weighted by atomic mass is 15.2. The smallest absolute Gasteiger partial charge is 0.0153 e. The van der Waals surface area contributed by atoms with Crippen LogP contribution in [0.15, 0.2) is 0 Å². The monoisotopic (exact) mass is 378 g/mol. The maximum Gasteiger partial charge on any atom is 0.0153 e. The first-order valence-electron chi connectivity index (χ1n) is 11.5. The first-order valence-corrected chi connectivity index (χ1v) is 11.5. The average Bonchev–Trinajstić information content (AvgIpc) is 3.12. The standard InChI is InChI=1S/C25H50N2/c1-21(2,3)25(11)15-17-27(19-25)24(9,10)14-13-23(7,8)20-12-16-26(18-20)22(4,5)6/h20H,12-19H2,1-11H3. The summed E-state index contributed by atoms with van der Waals surface area (Å²) in [6.45, 7) is 32.0. The van der Waals surface area contributed by atoms with Crippen LogP contribution in [0.5, 0.6) is 0 Å². The van der Waals surface area contributed by atoms with Crippen molar-refractivity contribution in [2.75, 3.05) is 26.2 Å². The Labute approximate surface area is 171 Å². The molecule has 0 bridgehead atoms. The Morgan fingerprint density at radius 1 is 0.815 bits per heavy atom. The zero-order chi connectivity index (χ0) is 20.9. The topological polar surface area (TPSA) is 6.48 Å². The molecule has 0 amide bonds. The number of likely N-dealkylation sites (tertiary alicyclic amines) is 2. The van der Waals surface area contributed by atoms with E-state index in [-0.39, 0.29) is 0 Å². The normalized spacial score (nSPS) is 29.7. The van der Waals surface area contributed by atoms with Gasteiger partial charge in [-0.15, -0.1) is 0 Å². The molecule has 2 nitrogen and oxygen atoms in total. The predicted octanol–water partition coefficient (Wildman–Crippen LogP) is 6.45. The van der Waals surface area contributed by atoms with Crippen molar-refractivity contribution in [1.82, 2.24) is 9.80 Å². The van der Waals surface area contributed by atoms with Crippen molar-refractivity contribution in [3.05, 3.63) is 0 Å². The van der Waals surface area contributed by atoms with Crippen molar-refractivity contribution < 1.29 is 0 Å². The largest absolute Gasteiger partial charge is 0.298 e. The molecule has 0 N–H and O–H groups in total. The van der Waals surface area contributed by atoms with Gasteiger partial charge in [-0.1, -0.05) is 41.5 Å². The van der Waals surface area contributed by atoms with Gasteiger partial charge in [-0.05, 0) is 95.6 Å². The Hall–Kier alpha value is -0.0800. The molecule has 0 saturated carbocycles. The molecule has 0 radical (unpaired) electrons. The molecule has 27 heavy (non-hydrogen) atoms. The van der Waals surface area contributed by atoms with Crippen molar-refractivity contribution in [2.24, 2.45) is 22.2 Å². The molecule has 2 rings (SSSR count). The fourth-order valence-corrected chi connectivity index (χ4v) is 5.09. The van der Waals surface area contributed by atoms with Crippen molar-refractivity contribution in [3.8, 4) is 0 Å². The van der Waals surface area contributed by atoms with Crippen LogP contribution in [0.1, 0.15) is 102 Å². The lowest BCUT2D eigenvalue weighted by Gasteiger charge is -2.43. The summed E-state index contributed by atoms with van der Waals surface area (Å²) in [5.74, 6) is 0.839. The molecule has 2 fully saturated rings. The fraction of sp³-hybridized carbons (Fsp3) is 1.00. The summed E-state index contributed by atoms with van der Waals surface area (Å²) < 4.78 is 0. The Balaban J connectivity index is 1.95. The van der Waals surface area contributed by atoms with Gasteiger partial charge in [0.25, 0.3) is 0 Å². The van der Waals surface area contributed by atoms with Crippen LogP contribution in [0.2, 0.25) is 0 Å². The zero-order valence-electron chi connectivity index (χ0n) is 20.6. The van der Waals surface area contributed by atoms with E-state index in [1.165, 1.54) is 51.9 Å². The van der Waals surface area contributed by atoms with Crippen LogP contribution in [0, 0.1) is 22.2 Å². The highest BCUT2D eigenvalue weighted by Gasteiger charge is 2.47. The molecule has 2 saturated heterocycles. The van der Waals surface area contributed by atoms with Gasteiger partial charge >= 0.3 is 0 Å². The lowest BCUT2D eigenvalue weighted by molar-refractivity contribution is 0.0630. The van der Waals surface area contributed by atoms with Crippen LogP contribution < -0.4 is 0 Å². The van der Waals surface area contributed by atoms with Crippen LogP contribution in [-0.2, 0) is 0 Å². The van der Waals surface area contributed by atoms with Crippen LogP contribution in [0.3, 0.4) is 0 Å². The van der Waals surface area contributed by atoms with Crippen LogP contribution in [0.25, 0.3) is 0 Å². The van der Waals surface area contributed by atoms with E-state index in [1.54, 1.807) is 0 Å². The summed E-state index contributed by atoms with van der Waals surface area (Å²) in [5, 5.41) is 0. The van der Waals surface area contributed by atoms with E-state index in [9.17, 15) is 0 Å². The molecule has 0 aromatic heterocycles. The molecule has 2 heterocycles. The van der Waals surface area contributed by atoms with Crippen molar-refractivity contribution >= 4 is 0 Å². The summed E-state index contributed by atoms with van der Waals surface area (Å²) in [7, 11) is 0. The zero-order valence-corrected chi connectivity index (χ0v) is 20.6. The summed E-state index contributed by atoms with van der Waals surface area (Å²) in [6.07, 6.45) is 5.36. The summed E-state index contributed by atoms with van der Waals surface area (Å²) >= 11 is 0. The van der Waals surface area contributed by atoms with Gasteiger partial charge in [-0.25, -0.2) is 0 Å². The Bertz CT molecular complexity index is 505. The molecule has 160 valence electrons. The Morgan fingerprint density at radius 2 is 1.41 bits per heavy atom. The van der Waals surface area contributed by atoms with Crippen molar-refractivity contribution in [1.29, 1.82) is 0 Å². The van der Waals surface area contributed by atoms with E-state index in [0.717, 1.165) is 5.92 Å². The third-order valence-corrected chi connectivity index (χ3v) is 8.76. The van der Waals surface area contributed by atoms with E-state index in [4.69, 9.17) is 0 Å². The first kappa shape index (κ1) is 23.2. The molecule has 2 aliphatic heterocycles. The molecular weight excluding hydrogens is 328 g/mol. The van der Waals surface area contributed by atoms with Gasteiger partial charge in [0, 0.05) is 24.2 Å². The second-order valence-corrected chi connectivity index (χ2v) is 13.4. The molecule has 0 aromatic carbocycles. The third kappa shape index (κ3) is 5.10. The highest BCUT2D eigenvalue weighted by Crippen LogP contribution is 2.48. The SMILES string of the molecule is CC(C)(CCC(C)(C)N1CCC(C)(C(C)(C)C)C1)C1CCN(C(C)(C)C)C1. The summed E-state index contributed by atoms with van der Waals surface area (Å²) in [6, 6.07) is 0. The number of hydrogen-bond acceptors (Lipinski definition) is 2. The molecule has 2 aliphatic rings. The minimum absolute atomic E-state index is 0.308. The van der Waals surface area contributed by atoms with Crippen LogP contribution in [0.4, 0.5) is 0 Å². The maximum atomic E-state index is 2.80. The van der Waals surface area contributed by atoms with E-state index in [2.05, 4.69) is 86.0 Å². The summed E-state index contributed by atoms with van der Waals surface area (Å²) in [4.78, 5) is 5.49. The third-order valence-electron chi connectivity index (χ3n) is 8.76. The van der Waals surface area contributed by atoms with Crippen LogP contribution >= 0.6 is 0 Å². The Kier molecular flexibility index (Phi) is 6.28. The van der Waals surface area contributed by atoms with Gasteiger partial charge < -0.3 is 0 Å². The minimum atomic E-state index is 0.308. The molecule has 2 unspecified atom stereocenters. The molecule has 0 spiro atoms. The van der Waals surface area contributed by atoms with Crippen LogP contribution in [-0.4, -0.2) is 47.1 Å². The van der Waals surface area contributed by atoms with Gasteiger partial charge in [0.2, 0.25) is 0 Å². The predicted molar refractivity (Wildman–Crippen MR) is 120 cm³/mol. The molecule has 2 atom stereocenters. The van der Waals surface area contributed by atoms with Crippen molar-refractivity contribution in [3.63, 3.8) is 0 Å². The fourth-order valence-electron chi connectivity index (χ4n) is 5.09. The Morgan fingerprint density at radius 3 is 1.85 bits per heavy atom. The van der Waals surface area contributed by atoms with E-state index >= 15 is 0 Å². The van der Waals surface area contributed by atoms with E-state index in [0.29, 0.717) is 27.3 Å². The summed E-state index contributed by atoms with van der Waals surface area (Å²) in [5.41, 5.74) is 1.89. The number of rotatable bonds is 5. The lowest BCUT2D eigenvalue weighted by Crippen LogP contribution is -2.46. The van der Waals surface area contributed by atoms with Gasteiger partial charge in [-0.3, -0.25) is 9.80 Å². The first-order chi connectivity index (χ1) is 12.0. The molecule has 0 aliphatic carbocycles. The van der Waals surface area contributed by atoms with E-state index < -0.39 is 0 Å². The maximum absolute atomic E-state index is 2.80.